The number of para-hydroxylation sites is 1. The smallest absolute Gasteiger partial charge is 0.281 e. The van der Waals surface area contributed by atoms with E-state index in [1.54, 1.807) is 6.92 Å². The van der Waals surface area contributed by atoms with Crippen molar-refractivity contribution in [2.45, 2.75) is 19.8 Å². The molecular weight excluding hydrogens is 340 g/mol. The summed E-state index contributed by atoms with van der Waals surface area (Å²) in [6, 6.07) is 19.0. The fourth-order valence-electron chi connectivity index (χ4n) is 2.98. The van der Waals surface area contributed by atoms with Crippen LogP contribution in [0.3, 0.4) is 0 Å². The zero-order chi connectivity index (χ0) is 18.8. The normalized spacial score (nSPS) is 14.2. The molecule has 2 aromatic carbocycles. The van der Waals surface area contributed by atoms with Crippen LogP contribution < -0.4 is 11.0 Å². The van der Waals surface area contributed by atoms with Crippen LogP contribution in [0.1, 0.15) is 25.3 Å². The van der Waals surface area contributed by atoms with Crippen LogP contribution in [0, 0.1) is 5.92 Å². The van der Waals surface area contributed by atoms with Crippen LogP contribution in [0.25, 0.3) is 16.9 Å². The molecule has 1 fully saturated rings. The maximum atomic E-state index is 13.1. The lowest BCUT2D eigenvalue weighted by Gasteiger charge is -2.03. The van der Waals surface area contributed by atoms with Gasteiger partial charge < -0.3 is 0 Å². The molecule has 136 valence electrons. The second kappa shape index (κ2) is 7.07. The highest BCUT2D eigenvalue weighted by molar-refractivity contribution is 6.04. The van der Waals surface area contributed by atoms with E-state index in [-0.39, 0.29) is 17.4 Å². The maximum absolute atomic E-state index is 13.1. The van der Waals surface area contributed by atoms with Gasteiger partial charge in [0.25, 0.3) is 5.56 Å². The highest BCUT2D eigenvalue weighted by Gasteiger charge is 2.29. The Balaban J connectivity index is 1.81. The molecule has 1 aliphatic carbocycles. The van der Waals surface area contributed by atoms with Crippen LogP contribution in [0.4, 0.5) is 0 Å². The third kappa shape index (κ3) is 3.46. The van der Waals surface area contributed by atoms with E-state index in [0.29, 0.717) is 17.0 Å². The third-order valence-corrected chi connectivity index (χ3v) is 4.61. The Morgan fingerprint density at radius 2 is 1.70 bits per heavy atom. The summed E-state index contributed by atoms with van der Waals surface area (Å²) >= 11 is 0. The molecule has 1 heterocycles. The fourth-order valence-corrected chi connectivity index (χ4v) is 2.98. The summed E-state index contributed by atoms with van der Waals surface area (Å²) in [4.78, 5) is 25.0. The van der Waals surface area contributed by atoms with Gasteiger partial charge in [0, 0.05) is 11.5 Å². The molecule has 3 aromatic rings. The largest absolute Gasteiger partial charge is 0.290 e. The Labute approximate surface area is 156 Å². The van der Waals surface area contributed by atoms with Crippen molar-refractivity contribution < 1.29 is 4.79 Å². The predicted octanol–water partition coefficient (Wildman–Crippen LogP) is 3.08. The molecule has 1 amide bonds. The summed E-state index contributed by atoms with van der Waals surface area (Å²) in [5.74, 6) is -0.0307. The molecule has 1 saturated carbocycles. The minimum absolute atomic E-state index is 0.0577. The zero-order valence-electron chi connectivity index (χ0n) is 15.0. The highest BCUT2D eigenvalue weighted by Crippen LogP contribution is 2.28. The van der Waals surface area contributed by atoms with Gasteiger partial charge in [0.2, 0.25) is 5.91 Å². The SMILES string of the molecule is CC(=NNC(=O)C1CC1)c1c(-c2ccccc2)[nH]n(-c2ccccc2)c1=O. The number of carbonyl (C=O) groups excluding carboxylic acids is 1. The van der Waals surface area contributed by atoms with E-state index < -0.39 is 0 Å². The number of carbonyl (C=O) groups is 1. The van der Waals surface area contributed by atoms with Crippen molar-refractivity contribution in [1.82, 2.24) is 15.2 Å². The van der Waals surface area contributed by atoms with Crippen LogP contribution in [-0.2, 0) is 4.79 Å². The second-order valence-corrected chi connectivity index (χ2v) is 6.65. The predicted molar refractivity (Wildman–Crippen MR) is 105 cm³/mol. The van der Waals surface area contributed by atoms with Crippen molar-refractivity contribution in [1.29, 1.82) is 0 Å². The molecule has 0 saturated heterocycles. The summed E-state index contributed by atoms with van der Waals surface area (Å²) in [5.41, 5.74) is 5.58. The molecule has 0 radical (unpaired) electrons. The van der Waals surface area contributed by atoms with Crippen molar-refractivity contribution in [3.05, 3.63) is 76.6 Å². The first-order chi connectivity index (χ1) is 13.1. The number of aromatic amines is 1. The van der Waals surface area contributed by atoms with Crippen LogP contribution in [0.2, 0.25) is 0 Å². The summed E-state index contributed by atoms with van der Waals surface area (Å²) < 4.78 is 1.50. The standard InChI is InChI=1S/C21H20N4O2/c1-14(22-23-20(26)16-12-13-16)18-19(15-8-4-2-5-9-15)24-25(21(18)27)17-10-6-3-7-11-17/h2-11,16,24H,12-13H2,1H3,(H,23,26). The van der Waals surface area contributed by atoms with Crippen molar-refractivity contribution in [3.63, 3.8) is 0 Å². The van der Waals surface area contributed by atoms with Crippen molar-refractivity contribution in [3.8, 4) is 16.9 Å². The van der Waals surface area contributed by atoms with Crippen molar-refractivity contribution in [2.75, 3.05) is 0 Å². The first-order valence-corrected chi connectivity index (χ1v) is 8.95. The Morgan fingerprint density at radius 1 is 1.07 bits per heavy atom. The lowest BCUT2D eigenvalue weighted by molar-refractivity contribution is -0.122. The van der Waals surface area contributed by atoms with E-state index in [9.17, 15) is 9.59 Å². The average molecular weight is 360 g/mol. The minimum Gasteiger partial charge on any atom is -0.290 e. The number of aromatic nitrogens is 2. The maximum Gasteiger partial charge on any atom is 0.281 e. The van der Waals surface area contributed by atoms with Gasteiger partial charge in [0.15, 0.2) is 0 Å². The van der Waals surface area contributed by atoms with E-state index in [2.05, 4.69) is 15.6 Å². The number of nitrogens with zero attached hydrogens (tertiary/aromatic N) is 2. The Morgan fingerprint density at radius 3 is 2.33 bits per heavy atom. The molecule has 0 unspecified atom stereocenters. The lowest BCUT2D eigenvalue weighted by Crippen LogP contribution is -2.24. The van der Waals surface area contributed by atoms with E-state index in [4.69, 9.17) is 0 Å². The quantitative estimate of drug-likeness (QED) is 0.542. The van der Waals surface area contributed by atoms with Gasteiger partial charge in [-0.3, -0.25) is 14.7 Å². The Hall–Kier alpha value is -3.41. The summed E-state index contributed by atoms with van der Waals surface area (Å²) in [6.07, 6.45) is 1.81. The number of rotatable bonds is 5. The molecular formula is C21H20N4O2. The van der Waals surface area contributed by atoms with Gasteiger partial charge >= 0.3 is 0 Å². The monoisotopic (exact) mass is 360 g/mol. The highest BCUT2D eigenvalue weighted by atomic mass is 16.2. The molecule has 1 aromatic heterocycles. The number of nitrogens with one attached hydrogen (secondary N) is 2. The van der Waals surface area contributed by atoms with Gasteiger partial charge in [-0.15, -0.1) is 0 Å². The first-order valence-electron chi connectivity index (χ1n) is 8.95. The Bertz CT molecular complexity index is 1040. The van der Waals surface area contributed by atoms with Crippen molar-refractivity contribution in [2.24, 2.45) is 11.0 Å². The van der Waals surface area contributed by atoms with E-state index in [1.165, 1.54) is 4.68 Å². The van der Waals surface area contributed by atoms with E-state index in [0.717, 1.165) is 24.1 Å². The first kappa shape index (κ1) is 17.0. The van der Waals surface area contributed by atoms with E-state index >= 15 is 0 Å². The molecule has 0 spiro atoms. The molecule has 2 N–H and O–H groups in total. The topological polar surface area (TPSA) is 79.2 Å². The second-order valence-electron chi connectivity index (χ2n) is 6.65. The van der Waals surface area contributed by atoms with Gasteiger partial charge in [0.05, 0.1) is 22.7 Å². The summed E-state index contributed by atoms with van der Waals surface area (Å²) in [6.45, 7) is 1.74. The number of hydrogen-bond acceptors (Lipinski definition) is 3. The summed E-state index contributed by atoms with van der Waals surface area (Å²) in [7, 11) is 0. The summed E-state index contributed by atoms with van der Waals surface area (Å²) in [5, 5.41) is 7.39. The minimum atomic E-state index is -0.207. The van der Waals surface area contributed by atoms with Gasteiger partial charge in [0.1, 0.15) is 0 Å². The fraction of sp³-hybridized carbons (Fsp3) is 0.190. The van der Waals surface area contributed by atoms with Gasteiger partial charge in [-0.2, -0.15) is 5.10 Å². The average Bonchev–Trinajstić information content (AvgIpc) is 3.50. The van der Waals surface area contributed by atoms with Crippen LogP contribution in [0.15, 0.2) is 70.6 Å². The zero-order valence-corrected chi connectivity index (χ0v) is 15.0. The number of H-pyrrole nitrogens is 1. The van der Waals surface area contributed by atoms with Gasteiger partial charge in [-0.05, 0) is 31.9 Å². The number of hydrogen-bond donors (Lipinski definition) is 2. The van der Waals surface area contributed by atoms with Gasteiger partial charge in [-0.1, -0.05) is 48.5 Å². The molecule has 0 bridgehead atoms. The molecule has 27 heavy (non-hydrogen) atoms. The molecule has 4 rings (SSSR count). The number of hydrazone groups is 1. The van der Waals surface area contributed by atoms with E-state index in [1.807, 2.05) is 60.7 Å². The lowest BCUT2D eigenvalue weighted by atomic mass is 10.1. The molecule has 6 nitrogen and oxygen atoms in total. The van der Waals surface area contributed by atoms with Crippen molar-refractivity contribution >= 4 is 11.6 Å². The van der Waals surface area contributed by atoms with Crippen LogP contribution in [-0.4, -0.2) is 21.4 Å². The molecule has 0 atom stereocenters. The number of benzene rings is 2. The molecule has 6 heteroatoms. The molecule has 0 aliphatic heterocycles. The van der Waals surface area contributed by atoms with Crippen LogP contribution in [0.5, 0.6) is 0 Å². The van der Waals surface area contributed by atoms with Gasteiger partial charge in [-0.25, -0.2) is 10.1 Å². The number of amides is 1. The Kier molecular flexibility index (Phi) is 4.46. The van der Waals surface area contributed by atoms with Crippen LogP contribution >= 0.6 is 0 Å². The molecule has 1 aliphatic rings. The third-order valence-electron chi connectivity index (χ3n) is 4.61.